The lowest BCUT2D eigenvalue weighted by Gasteiger charge is -2.19. The molecule has 0 fully saturated rings. The summed E-state index contributed by atoms with van der Waals surface area (Å²) in [7, 11) is 2.16. The number of anilines is 1. The first kappa shape index (κ1) is 17.4. The van der Waals surface area contributed by atoms with Crippen molar-refractivity contribution in [2.45, 2.75) is 66.5 Å². The van der Waals surface area contributed by atoms with E-state index in [1.165, 1.54) is 17.0 Å². The van der Waals surface area contributed by atoms with Crippen LogP contribution in [0.5, 0.6) is 0 Å². The summed E-state index contributed by atoms with van der Waals surface area (Å²) in [6.45, 7) is 15.4. The normalized spacial score (nSPS) is 13.2. The molecule has 0 radical (unpaired) electrons. The second-order valence-corrected chi connectivity index (χ2v) is 7.45. The zero-order valence-electron chi connectivity index (χ0n) is 14.2. The largest absolute Gasteiger partial charge is 0.351 e. The second-order valence-electron chi connectivity index (χ2n) is 6.39. The van der Waals surface area contributed by atoms with E-state index >= 15 is 0 Å². The topological polar surface area (TPSA) is 28.2 Å². The smallest absolute Gasteiger partial charge is 0.185 e. The summed E-state index contributed by atoms with van der Waals surface area (Å²) in [5.74, 6) is 1.20. The molecule has 0 aromatic carbocycles. The molecule has 0 spiro atoms. The molecular formula is C16H31N3S. The van der Waals surface area contributed by atoms with Crippen LogP contribution in [0.15, 0.2) is 0 Å². The van der Waals surface area contributed by atoms with E-state index in [4.69, 9.17) is 4.98 Å². The Bertz CT molecular complexity index is 398. The van der Waals surface area contributed by atoms with Crippen molar-refractivity contribution >= 4 is 16.5 Å². The van der Waals surface area contributed by atoms with Gasteiger partial charge in [0.2, 0.25) is 0 Å². The van der Waals surface area contributed by atoms with Crippen molar-refractivity contribution in [1.82, 2.24) is 10.3 Å². The highest BCUT2D eigenvalue weighted by Crippen LogP contribution is 2.30. The molecule has 0 aliphatic carbocycles. The fraction of sp³-hybridized carbons (Fsp3) is 0.812. The molecule has 0 amide bonds. The Morgan fingerprint density at radius 1 is 1.20 bits per heavy atom. The van der Waals surface area contributed by atoms with E-state index < -0.39 is 0 Å². The Morgan fingerprint density at radius 3 is 2.35 bits per heavy atom. The number of hydrogen-bond acceptors (Lipinski definition) is 4. The zero-order valence-corrected chi connectivity index (χ0v) is 15.0. The minimum atomic E-state index is 0.487. The molecule has 1 aromatic heterocycles. The molecule has 1 aromatic rings. The van der Waals surface area contributed by atoms with Gasteiger partial charge in [0.15, 0.2) is 5.13 Å². The average Bonchev–Trinajstić information content (AvgIpc) is 2.80. The SMILES string of the molecule is CCC(C)CN(C)c1nc(C(C)C)c(CNC(C)C)s1. The van der Waals surface area contributed by atoms with E-state index in [1.54, 1.807) is 0 Å². The minimum Gasteiger partial charge on any atom is -0.351 e. The van der Waals surface area contributed by atoms with E-state index in [0.717, 1.165) is 18.2 Å². The molecule has 116 valence electrons. The minimum absolute atomic E-state index is 0.487. The maximum atomic E-state index is 4.88. The van der Waals surface area contributed by atoms with Gasteiger partial charge in [-0.05, 0) is 11.8 Å². The number of rotatable bonds is 8. The van der Waals surface area contributed by atoms with Gasteiger partial charge in [-0.2, -0.15) is 0 Å². The Hall–Kier alpha value is -0.610. The molecule has 0 bridgehead atoms. The second kappa shape index (κ2) is 7.99. The van der Waals surface area contributed by atoms with Gasteiger partial charge in [-0.25, -0.2) is 4.98 Å². The fourth-order valence-electron chi connectivity index (χ4n) is 2.06. The van der Waals surface area contributed by atoms with Crippen molar-refractivity contribution < 1.29 is 0 Å². The van der Waals surface area contributed by atoms with Crippen molar-refractivity contribution in [3.8, 4) is 0 Å². The summed E-state index contributed by atoms with van der Waals surface area (Å²) in [5.41, 5.74) is 1.26. The Morgan fingerprint density at radius 2 is 1.85 bits per heavy atom. The predicted octanol–water partition coefficient (Wildman–Crippen LogP) is 4.25. The van der Waals surface area contributed by atoms with Crippen LogP contribution in [-0.4, -0.2) is 24.6 Å². The maximum Gasteiger partial charge on any atom is 0.185 e. The highest BCUT2D eigenvalue weighted by Gasteiger charge is 2.17. The van der Waals surface area contributed by atoms with Gasteiger partial charge in [-0.15, -0.1) is 11.3 Å². The maximum absolute atomic E-state index is 4.88. The summed E-state index contributed by atoms with van der Waals surface area (Å²) < 4.78 is 0. The molecule has 1 rings (SSSR count). The molecule has 0 saturated carbocycles. The lowest BCUT2D eigenvalue weighted by molar-refractivity contribution is 0.559. The van der Waals surface area contributed by atoms with Crippen LogP contribution in [0, 0.1) is 5.92 Å². The molecular weight excluding hydrogens is 266 g/mol. The third kappa shape index (κ3) is 5.06. The number of nitrogens with zero attached hydrogens (tertiary/aromatic N) is 2. The lowest BCUT2D eigenvalue weighted by atomic mass is 10.1. The van der Waals surface area contributed by atoms with Gasteiger partial charge in [0, 0.05) is 31.1 Å². The van der Waals surface area contributed by atoms with Gasteiger partial charge < -0.3 is 10.2 Å². The van der Waals surface area contributed by atoms with Gasteiger partial charge in [-0.1, -0.05) is 48.0 Å². The standard InChI is InChI=1S/C16H31N3S/c1-8-13(6)10-19(7)16-18-15(11(2)3)14(20-16)9-17-12(4)5/h11-13,17H,8-10H2,1-7H3. The fourth-order valence-corrected chi connectivity index (χ4v) is 3.20. The highest BCUT2D eigenvalue weighted by atomic mass is 32.1. The Balaban J connectivity index is 2.85. The van der Waals surface area contributed by atoms with Gasteiger partial charge in [0.1, 0.15) is 0 Å². The quantitative estimate of drug-likeness (QED) is 0.777. The number of hydrogen-bond donors (Lipinski definition) is 1. The molecule has 3 nitrogen and oxygen atoms in total. The van der Waals surface area contributed by atoms with Gasteiger partial charge in [0.25, 0.3) is 0 Å². The highest BCUT2D eigenvalue weighted by molar-refractivity contribution is 7.15. The van der Waals surface area contributed by atoms with Gasteiger partial charge in [0.05, 0.1) is 5.69 Å². The molecule has 1 unspecified atom stereocenters. The van der Waals surface area contributed by atoms with Gasteiger partial charge >= 0.3 is 0 Å². The van der Waals surface area contributed by atoms with E-state index in [1.807, 2.05) is 11.3 Å². The van der Waals surface area contributed by atoms with Crippen molar-refractivity contribution in [3.05, 3.63) is 10.6 Å². The average molecular weight is 298 g/mol. The molecule has 0 aliphatic heterocycles. The van der Waals surface area contributed by atoms with Crippen molar-refractivity contribution in [2.75, 3.05) is 18.5 Å². The van der Waals surface area contributed by atoms with Crippen LogP contribution in [0.25, 0.3) is 0 Å². The van der Waals surface area contributed by atoms with Crippen molar-refractivity contribution in [2.24, 2.45) is 5.92 Å². The molecule has 4 heteroatoms. The number of aromatic nitrogens is 1. The lowest BCUT2D eigenvalue weighted by Crippen LogP contribution is -2.23. The summed E-state index contributed by atoms with van der Waals surface area (Å²) in [5, 5.41) is 4.67. The van der Waals surface area contributed by atoms with Gasteiger partial charge in [-0.3, -0.25) is 0 Å². The Kier molecular flexibility index (Phi) is 6.96. The van der Waals surface area contributed by atoms with Crippen LogP contribution in [0.4, 0.5) is 5.13 Å². The first-order chi connectivity index (χ1) is 9.35. The molecule has 20 heavy (non-hydrogen) atoms. The van der Waals surface area contributed by atoms with E-state index in [9.17, 15) is 0 Å². The van der Waals surface area contributed by atoms with Crippen molar-refractivity contribution in [1.29, 1.82) is 0 Å². The summed E-state index contributed by atoms with van der Waals surface area (Å²) in [4.78, 5) is 8.58. The monoisotopic (exact) mass is 297 g/mol. The molecule has 1 atom stereocenters. The molecule has 1 N–H and O–H groups in total. The van der Waals surface area contributed by atoms with Crippen LogP contribution >= 0.6 is 11.3 Å². The molecule has 0 aliphatic rings. The molecule has 1 heterocycles. The van der Waals surface area contributed by atoms with E-state index in [-0.39, 0.29) is 0 Å². The third-order valence-corrected chi connectivity index (χ3v) is 4.73. The van der Waals surface area contributed by atoms with Crippen LogP contribution < -0.4 is 10.2 Å². The summed E-state index contributed by atoms with van der Waals surface area (Å²) >= 11 is 1.84. The molecule has 0 saturated heterocycles. The summed E-state index contributed by atoms with van der Waals surface area (Å²) in [6.07, 6.45) is 1.22. The van der Waals surface area contributed by atoms with Crippen molar-refractivity contribution in [3.63, 3.8) is 0 Å². The van der Waals surface area contributed by atoms with Crippen LogP contribution in [0.3, 0.4) is 0 Å². The van der Waals surface area contributed by atoms with Crippen LogP contribution in [0.1, 0.15) is 64.5 Å². The Labute approximate surface area is 128 Å². The third-order valence-electron chi connectivity index (χ3n) is 3.54. The number of nitrogens with one attached hydrogen (secondary N) is 1. The van der Waals surface area contributed by atoms with Crippen LogP contribution in [-0.2, 0) is 6.54 Å². The first-order valence-electron chi connectivity index (χ1n) is 7.79. The number of thiazole rings is 1. The van der Waals surface area contributed by atoms with E-state index in [2.05, 4.69) is 58.8 Å². The first-order valence-corrected chi connectivity index (χ1v) is 8.60. The van der Waals surface area contributed by atoms with Crippen LogP contribution in [0.2, 0.25) is 0 Å². The predicted molar refractivity (Wildman–Crippen MR) is 90.9 cm³/mol. The summed E-state index contributed by atoms with van der Waals surface area (Å²) in [6, 6.07) is 0.512. The zero-order chi connectivity index (χ0) is 15.3. The van der Waals surface area contributed by atoms with E-state index in [0.29, 0.717) is 17.9 Å².